The third kappa shape index (κ3) is 3.30. The molecule has 124 valence electrons. The first-order valence-corrected chi connectivity index (χ1v) is 8.00. The Labute approximate surface area is 141 Å². The first-order chi connectivity index (χ1) is 11.3. The highest BCUT2D eigenvalue weighted by atomic mass is 16.2. The predicted octanol–water partition coefficient (Wildman–Crippen LogP) is 3.53. The molecule has 0 aliphatic heterocycles. The highest BCUT2D eigenvalue weighted by Crippen LogP contribution is 2.22. The Morgan fingerprint density at radius 3 is 2.38 bits per heavy atom. The van der Waals surface area contributed by atoms with Crippen molar-refractivity contribution in [2.45, 2.75) is 32.7 Å². The molecule has 0 radical (unpaired) electrons. The van der Waals surface area contributed by atoms with Gasteiger partial charge in [-0.05, 0) is 34.7 Å². The summed E-state index contributed by atoms with van der Waals surface area (Å²) in [5.41, 5.74) is 4.60. The Bertz CT molecular complexity index is 859. The van der Waals surface area contributed by atoms with Crippen LogP contribution in [-0.4, -0.2) is 33.3 Å². The van der Waals surface area contributed by atoms with Crippen molar-refractivity contribution >= 4 is 16.9 Å². The molecule has 5 heteroatoms. The van der Waals surface area contributed by atoms with Crippen molar-refractivity contribution in [3.8, 4) is 0 Å². The molecule has 0 fully saturated rings. The van der Waals surface area contributed by atoms with Crippen LogP contribution in [0.3, 0.4) is 0 Å². The molecule has 0 bridgehead atoms. The van der Waals surface area contributed by atoms with Gasteiger partial charge in [-0.1, -0.05) is 45.0 Å². The van der Waals surface area contributed by atoms with Crippen LogP contribution in [0.2, 0.25) is 0 Å². The van der Waals surface area contributed by atoms with Crippen LogP contribution < -0.4 is 0 Å². The molecule has 1 amide bonds. The highest BCUT2D eigenvalue weighted by molar-refractivity contribution is 5.97. The van der Waals surface area contributed by atoms with E-state index in [-0.39, 0.29) is 11.3 Å². The first-order valence-electron chi connectivity index (χ1n) is 8.00. The maximum atomic E-state index is 12.6. The molecule has 24 heavy (non-hydrogen) atoms. The van der Waals surface area contributed by atoms with Gasteiger partial charge in [-0.25, -0.2) is 0 Å². The second-order valence-corrected chi connectivity index (χ2v) is 7.14. The van der Waals surface area contributed by atoms with Gasteiger partial charge in [0.1, 0.15) is 11.0 Å². The van der Waals surface area contributed by atoms with Crippen LogP contribution in [0.1, 0.15) is 42.3 Å². The van der Waals surface area contributed by atoms with E-state index >= 15 is 0 Å². The van der Waals surface area contributed by atoms with Crippen LogP contribution in [0.4, 0.5) is 0 Å². The fourth-order valence-electron chi connectivity index (χ4n) is 2.65. The number of amides is 1. The van der Waals surface area contributed by atoms with Crippen LogP contribution in [0, 0.1) is 0 Å². The molecule has 0 spiro atoms. The van der Waals surface area contributed by atoms with Gasteiger partial charge in [-0.3, -0.25) is 4.79 Å². The number of hydrogen-bond donors (Lipinski definition) is 1. The van der Waals surface area contributed by atoms with Crippen molar-refractivity contribution in [2.24, 2.45) is 0 Å². The van der Waals surface area contributed by atoms with E-state index in [9.17, 15) is 4.79 Å². The van der Waals surface area contributed by atoms with E-state index in [1.165, 1.54) is 5.56 Å². The summed E-state index contributed by atoms with van der Waals surface area (Å²) in [5.74, 6) is -0.0280. The standard InChI is InChI=1S/C19H22N4O/c1-19(2,3)15-8-5-13(6-9-15)12-23(4)18(24)14-7-10-16-17(11-14)21-22-20-16/h5-11H,12H2,1-4H3,(H,20,21,22). The zero-order valence-corrected chi connectivity index (χ0v) is 14.5. The Hall–Kier alpha value is -2.69. The summed E-state index contributed by atoms with van der Waals surface area (Å²) >= 11 is 0. The second-order valence-electron chi connectivity index (χ2n) is 7.14. The summed E-state index contributed by atoms with van der Waals surface area (Å²) in [6.45, 7) is 7.15. The quantitative estimate of drug-likeness (QED) is 0.802. The van der Waals surface area contributed by atoms with Crippen LogP contribution in [-0.2, 0) is 12.0 Å². The van der Waals surface area contributed by atoms with E-state index in [0.717, 1.165) is 11.1 Å². The number of aromatic nitrogens is 3. The van der Waals surface area contributed by atoms with Crippen LogP contribution >= 0.6 is 0 Å². The summed E-state index contributed by atoms with van der Waals surface area (Å²) in [5, 5.41) is 10.6. The average Bonchev–Trinajstić information content (AvgIpc) is 3.01. The van der Waals surface area contributed by atoms with Crippen molar-refractivity contribution in [1.82, 2.24) is 20.3 Å². The molecule has 1 heterocycles. The lowest BCUT2D eigenvalue weighted by atomic mass is 9.87. The van der Waals surface area contributed by atoms with Crippen LogP contribution in [0.25, 0.3) is 11.0 Å². The number of rotatable bonds is 3. The molecular weight excluding hydrogens is 300 g/mol. The van der Waals surface area contributed by atoms with Crippen LogP contribution in [0.5, 0.6) is 0 Å². The zero-order chi connectivity index (χ0) is 17.3. The fraction of sp³-hybridized carbons (Fsp3) is 0.316. The van der Waals surface area contributed by atoms with Gasteiger partial charge in [0.05, 0.1) is 0 Å². The van der Waals surface area contributed by atoms with Gasteiger partial charge in [0.25, 0.3) is 5.91 Å². The van der Waals surface area contributed by atoms with Crippen molar-refractivity contribution in [3.63, 3.8) is 0 Å². The lowest BCUT2D eigenvalue weighted by Gasteiger charge is -2.21. The van der Waals surface area contributed by atoms with Crippen molar-refractivity contribution in [1.29, 1.82) is 0 Å². The molecular formula is C19H22N4O. The van der Waals surface area contributed by atoms with Gasteiger partial charge < -0.3 is 4.90 Å². The van der Waals surface area contributed by atoms with Gasteiger partial charge >= 0.3 is 0 Å². The van der Waals surface area contributed by atoms with Crippen LogP contribution in [0.15, 0.2) is 42.5 Å². The maximum absolute atomic E-state index is 12.6. The number of nitrogens with zero attached hydrogens (tertiary/aromatic N) is 3. The van der Waals surface area contributed by atoms with E-state index < -0.39 is 0 Å². The zero-order valence-electron chi connectivity index (χ0n) is 14.5. The summed E-state index contributed by atoms with van der Waals surface area (Å²) in [6, 6.07) is 13.8. The lowest BCUT2D eigenvalue weighted by molar-refractivity contribution is 0.0785. The molecule has 0 unspecified atom stereocenters. The van der Waals surface area contributed by atoms with E-state index in [1.54, 1.807) is 23.1 Å². The minimum Gasteiger partial charge on any atom is -0.337 e. The van der Waals surface area contributed by atoms with E-state index in [0.29, 0.717) is 17.6 Å². The molecule has 0 saturated carbocycles. The number of carbonyl (C=O) groups is 1. The second kappa shape index (κ2) is 6.07. The predicted molar refractivity (Wildman–Crippen MR) is 94.8 cm³/mol. The lowest BCUT2D eigenvalue weighted by Crippen LogP contribution is -2.26. The molecule has 0 saturated heterocycles. The number of nitrogens with one attached hydrogen (secondary N) is 1. The summed E-state index contributed by atoms with van der Waals surface area (Å²) in [6.07, 6.45) is 0. The van der Waals surface area contributed by atoms with E-state index in [4.69, 9.17) is 0 Å². The summed E-state index contributed by atoms with van der Waals surface area (Å²) in [4.78, 5) is 14.3. The van der Waals surface area contributed by atoms with E-state index in [2.05, 4.69) is 60.4 Å². The Morgan fingerprint density at radius 2 is 1.71 bits per heavy atom. The summed E-state index contributed by atoms with van der Waals surface area (Å²) in [7, 11) is 1.81. The van der Waals surface area contributed by atoms with Gasteiger partial charge in [0.2, 0.25) is 0 Å². The molecule has 0 aliphatic rings. The average molecular weight is 322 g/mol. The molecule has 5 nitrogen and oxygen atoms in total. The van der Waals surface area contributed by atoms with E-state index in [1.807, 2.05) is 7.05 Å². The van der Waals surface area contributed by atoms with Gasteiger partial charge in [0.15, 0.2) is 0 Å². The normalized spacial score (nSPS) is 11.7. The maximum Gasteiger partial charge on any atom is 0.253 e. The molecule has 1 N–H and O–H groups in total. The Kier molecular flexibility index (Phi) is 4.09. The number of aromatic amines is 1. The topological polar surface area (TPSA) is 61.9 Å². The largest absolute Gasteiger partial charge is 0.337 e. The van der Waals surface area contributed by atoms with Crippen molar-refractivity contribution in [2.75, 3.05) is 7.05 Å². The number of fused-ring (bicyclic) bond motifs is 1. The highest BCUT2D eigenvalue weighted by Gasteiger charge is 2.15. The molecule has 0 atom stereocenters. The molecule has 3 aromatic rings. The van der Waals surface area contributed by atoms with Gasteiger partial charge in [-0.2, -0.15) is 15.4 Å². The first kappa shape index (κ1) is 16.2. The molecule has 2 aromatic carbocycles. The minimum absolute atomic E-state index is 0.0280. The van der Waals surface area contributed by atoms with Crippen molar-refractivity contribution in [3.05, 3.63) is 59.2 Å². The minimum atomic E-state index is -0.0280. The number of carbonyl (C=O) groups excluding carboxylic acids is 1. The third-order valence-electron chi connectivity index (χ3n) is 4.15. The Morgan fingerprint density at radius 1 is 1.04 bits per heavy atom. The monoisotopic (exact) mass is 322 g/mol. The number of H-pyrrole nitrogens is 1. The van der Waals surface area contributed by atoms with Crippen molar-refractivity contribution < 1.29 is 4.79 Å². The third-order valence-corrected chi connectivity index (χ3v) is 4.15. The van der Waals surface area contributed by atoms with Gasteiger partial charge in [0, 0.05) is 19.2 Å². The molecule has 0 aliphatic carbocycles. The van der Waals surface area contributed by atoms with Gasteiger partial charge in [-0.15, -0.1) is 0 Å². The fourth-order valence-corrected chi connectivity index (χ4v) is 2.65. The number of benzene rings is 2. The Balaban J connectivity index is 1.73. The molecule has 3 rings (SSSR count). The SMILES string of the molecule is CN(Cc1ccc(C(C)(C)C)cc1)C(=O)c1ccc2n[nH]nc2c1. The number of hydrogen-bond acceptors (Lipinski definition) is 3. The molecule has 1 aromatic heterocycles. The smallest absolute Gasteiger partial charge is 0.253 e. The summed E-state index contributed by atoms with van der Waals surface area (Å²) < 4.78 is 0.